The maximum atomic E-state index is 2.57. The lowest BCUT2D eigenvalue weighted by Crippen LogP contribution is -2.13. The summed E-state index contributed by atoms with van der Waals surface area (Å²) in [5, 5.41) is 7.70. The van der Waals surface area contributed by atoms with E-state index in [1.54, 1.807) is 0 Å². The molecule has 1 atom stereocenters. The van der Waals surface area contributed by atoms with E-state index >= 15 is 0 Å². The quantitative estimate of drug-likeness (QED) is 0.156. The van der Waals surface area contributed by atoms with Crippen LogP contribution in [0, 0.1) is 0 Å². The van der Waals surface area contributed by atoms with Crippen LogP contribution in [0.5, 0.6) is 0 Å². The molecule has 0 fully saturated rings. The van der Waals surface area contributed by atoms with Crippen LogP contribution < -0.4 is 0 Å². The van der Waals surface area contributed by atoms with E-state index in [0.717, 1.165) is 6.42 Å². The molecule has 0 N–H and O–H groups in total. The third kappa shape index (κ3) is 6.16. The summed E-state index contributed by atoms with van der Waals surface area (Å²) >= 11 is 0. The van der Waals surface area contributed by atoms with Gasteiger partial charge < -0.3 is 9.13 Å². The van der Waals surface area contributed by atoms with Crippen molar-refractivity contribution in [3.63, 3.8) is 0 Å². The Bertz CT molecular complexity index is 3770. The van der Waals surface area contributed by atoms with E-state index in [0.29, 0.717) is 0 Å². The Morgan fingerprint density at radius 3 is 1.92 bits per heavy atom. The Hall–Kier alpha value is -7.94. The molecule has 0 spiro atoms. The van der Waals surface area contributed by atoms with Gasteiger partial charge in [0, 0.05) is 38.3 Å². The second-order valence-electron chi connectivity index (χ2n) is 17.4. The second kappa shape index (κ2) is 15.7. The van der Waals surface area contributed by atoms with Gasteiger partial charge in [0.25, 0.3) is 0 Å². The average molecular weight is 833 g/mol. The molecule has 0 amide bonds. The molecule has 0 saturated carbocycles. The maximum Gasteiger partial charge on any atom is 0.0566 e. The van der Waals surface area contributed by atoms with E-state index in [1.165, 1.54) is 121 Å². The first-order valence-electron chi connectivity index (χ1n) is 23.0. The summed E-state index contributed by atoms with van der Waals surface area (Å²) in [4.78, 5) is 0. The highest BCUT2D eigenvalue weighted by molar-refractivity contribution is 6.22. The Labute approximate surface area is 380 Å². The fourth-order valence-corrected chi connectivity index (χ4v) is 10.8. The van der Waals surface area contributed by atoms with Crippen LogP contribution in [-0.2, 0) is 6.42 Å². The minimum Gasteiger partial charge on any atom is -0.333 e. The zero-order chi connectivity index (χ0) is 43.6. The van der Waals surface area contributed by atoms with Crippen LogP contribution in [0.2, 0.25) is 0 Å². The molecule has 65 heavy (non-hydrogen) atoms. The largest absolute Gasteiger partial charge is 0.333 e. The van der Waals surface area contributed by atoms with E-state index in [2.05, 4.69) is 222 Å². The first-order valence-corrected chi connectivity index (χ1v) is 23.0. The number of para-hydroxylation sites is 2. The van der Waals surface area contributed by atoms with Crippen LogP contribution in [0.15, 0.2) is 212 Å². The fraction of sp³-hybridized carbons (Fsp3) is 0.0794. The van der Waals surface area contributed by atoms with Crippen LogP contribution in [0.4, 0.5) is 0 Å². The molecule has 1 unspecified atom stereocenters. The standard InChI is InChI=1S/C59H40N2.C4H8/c1-2-45-48-17-8-9-18-49(48)51-21-12-20-47(58(45)51)42-24-23-39-34-44(29-25-38(39)33-42)61-54-22-11-10-19-50(54)52-35-40(27-30-55(52)61)41-28-31-56-53(36-41)59-46-16-7-6-13-37(46)26-32-57(59)60(56)43-14-4-3-5-15-43;1-3-4-2/h2-33,35-36,44H,34H2,1H3;3-4H,1-2H3/b45-2-;4-3-. The van der Waals surface area contributed by atoms with Crippen molar-refractivity contribution in [1.29, 1.82) is 0 Å². The molecule has 13 rings (SSSR count). The Morgan fingerprint density at radius 2 is 1.11 bits per heavy atom. The molecule has 2 aromatic heterocycles. The highest BCUT2D eigenvalue weighted by atomic mass is 15.0. The Kier molecular flexibility index (Phi) is 9.35. The highest BCUT2D eigenvalue weighted by Crippen LogP contribution is 2.49. The van der Waals surface area contributed by atoms with Crippen LogP contribution >= 0.6 is 0 Å². The van der Waals surface area contributed by atoms with Gasteiger partial charge in [-0.05, 0) is 154 Å². The number of hydrogen-bond acceptors (Lipinski definition) is 0. The number of aromatic nitrogens is 2. The van der Waals surface area contributed by atoms with E-state index in [-0.39, 0.29) is 6.04 Å². The summed E-state index contributed by atoms with van der Waals surface area (Å²) < 4.78 is 4.99. The van der Waals surface area contributed by atoms with Crippen molar-refractivity contribution in [3.05, 3.63) is 235 Å². The molecule has 2 nitrogen and oxygen atoms in total. The minimum atomic E-state index is 0.199. The average Bonchev–Trinajstić information content (AvgIpc) is 4.01. The van der Waals surface area contributed by atoms with Crippen molar-refractivity contribution in [2.24, 2.45) is 0 Å². The van der Waals surface area contributed by atoms with Crippen molar-refractivity contribution in [2.75, 3.05) is 0 Å². The molecule has 0 saturated heterocycles. The van der Waals surface area contributed by atoms with Crippen molar-refractivity contribution >= 4 is 66.0 Å². The first kappa shape index (κ1) is 38.7. The minimum absolute atomic E-state index is 0.199. The number of rotatable bonds is 4. The summed E-state index contributed by atoms with van der Waals surface area (Å²) in [6.45, 7) is 6.16. The lowest BCUT2D eigenvalue weighted by molar-refractivity contribution is 0.635. The molecule has 0 radical (unpaired) electrons. The van der Waals surface area contributed by atoms with Crippen LogP contribution in [-0.4, -0.2) is 9.13 Å². The van der Waals surface area contributed by atoms with Crippen molar-refractivity contribution in [2.45, 2.75) is 33.2 Å². The van der Waals surface area contributed by atoms with E-state index < -0.39 is 0 Å². The normalized spacial score (nSPS) is 14.7. The summed E-state index contributed by atoms with van der Waals surface area (Å²) in [5.74, 6) is 0. The molecule has 310 valence electrons. The lowest BCUT2D eigenvalue weighted by Gasteiger charge is -2.24. The number of benzene rings is 9. The van der Waals surface area contributed by atoms with E-state index in [4.69, 9.17) is 0 Å². The zero-order valence-electron chi connectivity index (χ0n) is 37.0. The van der Waals surface area contributed by atoms with Crippen LogP contribution in [0.1, 0.15) is 49.1 Å². The van der Waals surface area contributed by atoms with Gasteiger partial charge >= 0.3 is 0 Å². The van der Waals surface area contributed by atoms with Gasteiger partial charge in [0.05, 0.1) is 17.1 Å². The predicted molar refractivity (Wildman–Crippen MR) is 279 cm³/mol. The zero-order valence-corrected chi connectivity index (χ0v) is 37.0. The van der Waals surface area contributed by atoms with Crippen LogP contribution in [0.3, 0.4) is 0 Å². The fourth-order valence-electron chi connectivity index (χ4n) is 10.8. The Morgan fingerprint density at radius 1 is 0.462 bits per heavy atom. The molecule has 2 aliphatic rings. The molecular formula is C63H48N2. The molecule has 11 aromatic rings. The first-order chi connectivity index (χ1) is 32.1. The van der Waals surface area contributed by atoms with Gasteiger partial charge in [0.2, 0.25) is 0 Å². The van der Waals surface area contributed by atoms with Gasteiger partial charge in [-0.25, -0.2) is 0 Å². The predicted octanol–water partition coefficient (Wildman–Crippen LogP) is 17.2. The molecule has 0 aliphatic heterocycles. The molecular weight excluding hydrogens is 785 g/mol. The Balaban J connectivity index is 0.00000107. The summed E-state index contributed by atoms with van der Waals surface area (Å²) in [6, 6.07) is 70.1. The van der Waals surface area contributed by atoms with Gasteiger partial charge in [0.15, 0.2) is 0 Å². The van der Waals surface area contributed by atoms with Crippen molar-refractivity contribution < 1.29 is 0 Å². The summed E-state index contributed by atoms with van der Waals surface area (Å²) in [7, 11) is 0. The lowest BCUT2D eigenvalue weighted by atomic mass is 9.88. The van der Waals surface area contributed by atoms with Crippen molar-refractivity contribution in [3.8, 4) is 39.1 Å². The van der Waals surface area contributed by atoms with E-state index in [9.17, 15) is 0 Å². The number of fused-ring (bicyclic) bond motifs is 12. The maximum absolute atomic E-state index is 2.57. The summed E-state index contributed by atoms with van der Waals surface area (Å²) in [5.41, 5.74) is 20.5. The monoisotopic (exact) mass is 832 g/mol. The second-order valence-corrected chi connectivity index (χ2v) is 17.4. The third-order valence-corrected chi connectivity index (χ3v) is 13.9. The van der Waals surface area contributed by atoms with E-state index in [1.807, 2.05) is 26.0 Å². The number of allylic oxidation sites excluding steroid dienone is 4. The van der Waals surface area contributed by atoms with Gasteiger partial charge in [0.1, 0.15) is 0 Å². The van der Waals surface area contributed by atoms with Gasteiger partial charge in [-0.3, -0.25) is 0 Å². The number of nitrogens with zero attached hydrogens (tertiary/aromatic N) is 2. The highest BCUT2D eigenvalue weighted by Gasteiger charge is 2.27. The topological polar surface area (TPSA) is 9.86 Å². The smallest absolute Gasteiger partial charge is 0.0566 e. The molecule has 0 bridgehead atoms. The molecule has 2 aliphatic carbocycles. The van der Waals surface area contributed by atoms with Gasteiger partial charge in [-0.15, -0.1) is 0 Å². The number of hydrogen-bond donors (Lipinski definition) is 0. The third-order valence-electron chi connectivity index (χ3n) is 13.9. The molecule has 2 heterocycles. The van der Waals surface area contributed by atoms with Crippen LogP contribution in [0.25, 0.3) is 105 Å². The summed E-state index contributed by atoms with van der Waals surface area (Å²) in [6.07, 6.45) is 12.0. The van der Waals surface area contributed by atoms with Gasteiger partial charge in [-0.2, -0.15) is 0 Å². The molecule has 2 heteroatoms. The SMILES string of the molecule is C/C=C1/c2ccccc2-c2cccc(-c3ccc4c(c3)C=CC(n3c5ccccc5c5cc(-c6ccc7c(c6)c6c8ccccc8ccc6n7-c6ccccc6)ccc53)C4)c21.C/C=C\C. The molecule has 9 aromatic carbocycles. The van der Waals surface area contributed by atoms with Crippen molar-refractivity contribution in [1.82, 2.24) is 9.13 Å². The van der Waals surface area contributed by atoms with Gasteiger partial charge in [-0.1, -0.05) is 164 Å².